The van der Waals surface area contributed by atoms with Crippen LogP contribution < -0.4 is 5.32 Å². The zero-order chi connectivity index (χ0) is 12.8. The lowest BCUT2D eigenvalue weighted by Gasteiger charge is -2.18. The Kier molecular flexibility index (Phi) is 7.48. The maximum Gasteiger partial charge on any atom is 0.0107 e. The van der Waals surface area contributed by atoms with E-state index >= 15 is 0 Å². The highest BCUT2D eigenvalue weighted by molar-refractivity contribution is 5.85. The van der Waals surface area contributed by atoms with Gasteiger partial charge in [0, 0.05) is 6.04 Å². The molecule has 2 rings (SSSR count). The molecule has 0 aromatic heterocycles. The van der Waals surface area contributed by atoms with E-state index in [0.717, 1.165) is 6.54 Å². The second-order valence-corrected chi connectivity index (χ2v) is 5.60. The van der Waals surface area contributed by atoms with Gasteiger partial charge in [-0.3, -0.25) is 0 Å². The Morgan fingerprint density at radius 1 is 1.11 bits per heavy atom. The quantitative estimate of drug-likeness (QED) is 0.785. The molecule has 0 saturated carbocycles. The summed E-state index contributed by atoms with van der Waals surface area (Å²) in [7, 11) is 0. The normalized spacial score (nSPS) is 14.8. The molecule has 1 atom stereocenters. The van der Waals surface area contributed by atoms with Gasteiger partial charge in [-0.25, -0.2) is 0 Å². The van der Waals surface area contributed by atoms with E-state index in [4.69, 9.17) is 0 Å². The Hall–Kier alpha value is -0.530. The molecule has 0 saturated heterocycles. The molecule has 1 aromatic carbocycles. The lowest BCUT2D eigenvalue weighted by molar-refractivity contribution is 0.473. The van der Waals surface area contributed by atoms with E-state index in [0.29, 0.717) is 6.04 Å². The van der Waals surface area contributed by atoms with Crippen molar-refractivity contribution in [2.45, 2.75) is 64.8 Å². The summed E-state index contributed by atoms with van der Waals surface area (Å²) in [4.78, 5) is 0. The third kappa shape index (κ3) is 4.81. The smallest absolute Gasteiger partial charge is 0.0107 e. The molecule has 1 unspecified atom stereocenters. The van der Waals surface area contributed by atoms with Gasteiger partial charge in [0.15, 0.2) is 0 Å². The first-order chi connectivity index (χ1) is 8.83. The molecule has 1 aliphatic rings. The minimum absolute atomic E-state index is 0. The van der Waals surface area contributed by atoms with Crippen molar-refractivity contribution < 1.29 is 0 Å². The van der Waals surface area contributed by atoms with Crippen LogP contribution in [0.5, 0.6) is 0 Å². The minimum Gasteiger partial charge on any atom is -0.314 e. The fraction of sp³-hybridized carbons (Fsp3) is 0.647. The molecule has 1 nitrogen and oxygen atoms in total. The number of hydrogen-bond donors (Lipinski definition) is 1. The Morgan fingerprint density at radius 3 is 2.63 bits per heavy atom. The zero-order valence-electron chi connectivity index (χ0n) is 12.4. The number of benzene rings is 1. The summed E-state index contributed by atoms with van der Waals surface area (Å²) >= 11 is 0. The topological polar surface area (TPSA) is 12.0 Å². The highest BCUT2D eigenvalue weighted by atomic mass is 35.5. The lowest BCUT2D eigenvalue weighted by atomic mass is 9.98. The van der Waals surface area contributed by atoms with Crippen molar-refractivity contribution in [3.8, 4) is 0 Å². The predicted octanol–water partition coefficient (Wildman–Crippen LogP) is 4.31. The van der Waals surface area contributed by atoms with Crippen molar-refractivity contribution in [3.05, 3.63) is 34.9 Å². The molecule has 0 heterocycles. The van der Waals surface area contributed by atoms with E-state index in [1.54, 1.807) is 11.1 Å². The van der Waals surface area contributed by atoms with E-state index in [-0.39, 0.29) is 12.4 Å². The fourth-order valence-corrected chi connectivity index (χ4v) is 3.01. The summed E-state index contributed by atoms with van der Waals surface area (Å²) in [5, 5.41) is 3.69. The highest BCUT2D eigenvalue weighted by Gasteiger charge is 2.13. The molecule has 0 fully saturated rings. The molecule has 1 N–H and O–H groups in total. The summed E-state index contributed by atoms with van der Waals surface area (Å²) in [6.45, 7) is 5.67. The average molecular weight is 282 g/mol. The van der Waals surface area contributed by atoms with E-state index in [2.05, 4.69) is 37.4 Å². The average Bonchev–Trinajstić information content (AvgIpc) is 2.83. The van der Waals surface area contributed by atoms with Crippen LogP contribution in [0.25, 0.3) is 0 Å². The van der Waals surface area contributed by atoms with Crippen molar-refractivity contribution in [1.29, 1.82) is 0 Å². The number of fused-ring (bicyclic) bond motifs is 1. The summed E-state index contributed by atoms with van der Waals surface area (Å²) < 4.78 is 0. The molecular formula is C17H28ClN. The molecule has 2 heteroatoms. The maximum atomic E-state index is 3.69. The van der Waals surface area contributed by atoms with Gasteiger partial charge in [0.1, 0.15) is 0 Å². The van der Waals surface area contributed by atoms with Crippen molar-refractivity contribution in [3.63, 3.8) is 0 Å². The number of hydrogen-bond acceptors (Lipinski definition) is 1. The third-order valence-corrected chi connectivity index (χ3v) is 3.97. The summed E-state index contributed by atoms with van der Waals surface area (Å²) in [5.74, 6) is 0. The first-order valence-corrected chi connectivity index (χ1v) is 7.67. The van der Waals surface area contributed by atoms with Gasteiger partial charge in [-0.15, -0.1) is 12.4 Å². The second-order valence-electron chi connectivity index (χ2n) is 5.60. The van der Waals surface area contributed by atoms with E-state index < -0.39 is 0 Å². The lowest BCUT2D eigenvalue weighted by Crippen LogP contribution is -2.31. The van der Waals surface area contributed by atoms with Crippen LogP contribution >= 0.6 is 12.4 Å². The first kappa shape index (κ1) is 16.5. The summed E-state index contributed by atoms with van der Waals surface area (Å²) in [6, 6.07) is 7.83. The van der Waals surface area contributed by atoms with Gasteiger partial charge in [-0.05, 0) is 61.8 Å². The van der Waals surface area contributed by atoms with Crippen LogP contribution in [0, 0.1) is 0 Å². The largest absolute Gasteiger partial charge is 0.314 e. The molecule has 19 heavy (non-hydrogen) atoms. The molecule has 108 valence electrons. The van der Waals surface area contributed by atoms with Crippen LogP contribution in [-0.4, -0.2) is 12.6 Å². The van der Waals surface area contributed by atoms with Crippen LogP contribution in [0.3, 0.4) is 0 Å². The summed E-state index contributed by atoms with van der Waals surface area (Å²) in [5.41, 5.74) is 4.73. The van der Waals surface area contributed by atoms with Crippen LogP contribution in [0.15, 0.2) is 18.2 Å². The van der Waals surface area contributed by atoms with E-state index in [1.807, 2.05) is 0 Å². The van der Waals surface area contributed by atoms with Crippen molar-refractivity contribution in [1.82, 2.24) is 5.32 Å². The first-order valence-electron chi connectivity index (χ1n) is 7.67. The number of aryl methyl sites for hydroxylation is 2. The van der Waals surface area contributed by atoms with Crippen LogP contribution in [-0.2, 0) is 19.3 Å². The van der Waals surface area contributed by atoms with E-state index in [1.165, 1.54) is 50.5 Å². The van der Waals surface area contributed by atoms with Crippen molar-refractivity contribution in [2.24, 2.45) is 0 Å². The molecule has 0 spiro atoms. The Bertz CT molecular complexity index is 376. The zero-order valence-corrected chi connectivity index (χ0v) is 13.2. The van der Waals surface area contributed by atoms with Gasteiger partial charge in [-0.1, -0.05) is 38.5 Å². The number of halogens is 1. The molecule has 0 bridgehead atoms. The van der Waals surface area contributed by atoms with Crippen LogP contribution in [0.2, 0.25) is 0 Å². The number of nitrogens with one attached hydrogen (secondary N) is 1. The van der Waals surface area contributed by atoms with Gasteiger partial charge in [0.2, 0.25) is 0 Å². The Labute approximate surface area is 124 Å². The predicted molar refractivity (Wildman–Crippen MR) is 86.4 cm³/mol. The SMILES string of the molecule is CCCNC(CCC)Cc1ccc2c(c1)CCC2.Cl. The maximum absolute atomic E-state index is 3.69. The standard InChI is InChI=1S/C17H27N.ClH/c1-3-6-17(18-11-4-2)13-14-9-10-15-7-5-8-16(15)12-14;/h9-10,12,17-18H,3-8,11,13H2,1-2H3;1H. The van der Waals surface area contributed by atoms with Gasteiger partial charge in [-0.2, -0.15) is 0 Å². The van der Waals surface area contributed by atoms with Crippen molar-refractivity contribution in [2.75, 3.05) is 6.54 Å². The highest BCUT2D eigenvalue weighted by Crippen LogP contribution is 2.23. The Balaban J connectivity index is 0.00000180. The molecule has 0 amide bonds. The van der Waals surface area contributed by atoms with Crippen LogP contribution in [0.4, 0.5) is 0 Å². The minimum atomic E-state index is 0. The van der Waals surface area contributed by atoms with E-state index in [9.17, 15) is 0 Å². The molecule has 1 aliphatic carbocycles. The molecule has 0 aliphatic heterocycles. The monoisotopic (exact) mass is 281 g/mol. The molecular weight excluding hydrogens is 254 g/mol. The van der Waals surface area contributed by atoms with Gasteiger partial charge in [0.05, 0.1) is 0 Å². The number of rotatable bonds is 7. The van der Waals surface area contributed by atoms with Crippen molar-refractivity contribution >= 4 is 12.4 Å². The Morgan fingerprint density at radius 2 is 1.89 bits per heavy atom. The molecule has 0 radical (unpaired) electrons. The van der Waals surface area contributed by atoms with Gasteiger partial charge >= 0.3 is 0 Å². The summed E-state index contributed by atoms with van der Waals surface area (Å²) in [6.07, 6.45) is 8.92. The van der Waals surface area contributed by atoms with Gasteiger partial charge in [0.25, 0.3) is 0 Å². The molecule has 1 aromatic rings. The fourth-order valence-electron chi connectivity index (χ4n) is 3.01. The second kappa shape index (κ2) is 8.60. The third-order valence-electron chi connectivity index (χ3n) is 3.97. The van der Waals surface area contributed by atoms with Gasteiger partial charge < -0.3 is 5.32 Å². The van der Waals surface area contributed by atoms with Crippen LogP contribution in [0.1, 0.15) is 56.2 Å².